The van der Waals surface area contributed by atoms with Gasteiger partial charge in [0.05, 0.1) is 18.2 Å². The molecule has 0 amide bonds. The number of benzene rings is 2. The molecule has 1 unspecified atom stereocenters. The van der Waals surface area contributed by atoms with Crippen molar-refractivity contribution in [2.45, 2.75) is 50.8 Å². The average molecular weight is 508 g/mol. The number of ether oxygens (including phenoxy) is 1. The minimum Gasteiger partial charge on any atom is -0.611 e. The third kappa shape index (κ3) is 5.03. The lowest BCUT2D eigenvalue weighted by molar-refractivity contribution is -0.162. The van der Waals surface area contributed by atoms with Crippen molar-refractivity contribution in [3.8, 4) is 0 Å². The number of aliphatic hydroxyl groups is 1. The van der Waals surface area contributed by atoms with E-state index in [0.717, 1.165) is 38.4 Å². The van der Waals surface area contributed by atoms with Crippen LogP contribution in [0.2, 0.25) is 0 Å². The quantitative estimate of drug-likeness (QED) is 0.426. The zero-order valence-electron chi connectivity index (χ0n) is 21.2. The van der Waals surface area contributed by atoms with Gasteiger partial charge in [-0.25, -0.2) is 4.98 Å². The summed E-state index contributed by atoms with van der Waals surface area (Å²) in [6.07, 6.45) is -0.816. The highest BCUT2D eigenvalue weighted by molar-refractivity contribution is 7.91. The van der Waals surface area contributed by atoms with Gasteiger partial charge in [-0.1, -0.05) is 29.8 Å². The molecule has 1 N–H and O–H groups in total. The van der Waals surface area contributed by atoms with Crippen LogP contribution in [0, 0.1) is 12.8 Å². The lowest BCUT2D eigenvalue weighted by Crippen LogP contribution is -2.34. The molecule has 3 aromatic rings. The van der Waals surface area contributed by atoms with Crippen molar-refractivity contribution < 1.29 is 19.2 Å². The Balaban J connectivity index is 1.52. The summed E-state index contributed by atoms with van der Waals surface area (Å²) < 4.78 is 18.4. The second-order valence-corrected chi connectivity index (χ2v) is 12.3. The number of rotatable bonds is 3. The first-order valence-electron chi connectivity index (χ1n) is 12.4. The zero-order chi connectivity index (χ0) is 25.6. The summed E-state index contributed by atoms with van der Waals surface area (Å²) in [6, 6.07) is 16.1. The maximum absolute atomic E-state index is 12.8. The highest BCUT2D eigenvalue weighted by Gasteiger charge is 2.40. The Kier molecular flexibility index (Phi) is 6.61. The number of carbonyl (C=O) groups is 1. The molecule has 0 bridgehead atoms. The van der Waals surface area contributed by atoms with Gasteiger partial charge in [-0.15, -0.1) is 0 Å². The third-order valence-electron chi connectivity index (χ3n) is 6.72. The molecule has 5 rings (SSSR count). The molecule has 36 heavy (non-hydrogen) atoms. The van der Waals surface area contributed by atoms with E-state index in [1.54, 1.807) is 0 Å². The first-order chi connectivity index (χ1) is 17.1. The molecule has 190 valence electrons. The lowest BCUT2D eigenvalue weighted by Gasteiger charge is -2.26. The molecular formula is C28H33N3O4S. The van der Waals surface area contributed by atoms with Crippen LogP contribution < -0.4 is 9.80 Å². The van der Waals surface area contributed by atoms with Gasteiger partial charge in [0.2, 0.25) is 0 Å². The molecule has 8 heteroatoms. The van der Waals surface area contributed by atoms with Gasteiger partial charge in [0.1, 0.15) is 23.1 Å². The number of aryl methyl sites for hydroxylation is 1. The Bertz CT molecular complexity index is 1290. The average Bonchev–Trinajstić information content (AvgIpc) is 3.13. The number of β-amino-alcohol motifs (C(OH)–C–C–N with tert-alkyl or cyclic N) is 1. The van der Waals surface area contributed by atoms with Gasteiger partial charge < -0.3 is 24.2 Å². The number of fused-ring (bicyclic) bond motifs is 2. The number of hydrogen-bond acceptors (Lipinski definition) is 7. The Morgan fingerprint density at radius 3 is 2.69 bits per heavy atom. The molecule has 1 saturated heterocycles. The highest BCUT2D eigenvalue weighted by atomic mass is 32.2. The largest absolute Gasteiger partial charge is 0.611 e. The fourth-order valence-electron chi connectivity index (χ4n) is 4.96. The van der Waals surface area contributed by atoms with E-state index in [1.165, 1.54) is 0 Å². The van der Waals surface area contributed by atoms with Gasteiger partial charge in [-0.05, 0) is 57.1 Å². The van der Waals surface area contributed by atoms with Crippen LogP contribution in [0.1, 0.15) is 31.9 Å². The van der Waals surface area contributed by atoms with Crippen LogP contribution in [-0.4, -0.2) is 57.7 Å². The molecule has 0 aliphatic carbocycles. The summed E-state index contributed by atoms with van der Waals surface area (Å²) in [5.41, 5.74) is 3.33. The van der Waals surface area contributed by atoms with Crippen molar-refractivity contribution in [2.24, 2.45) is 5.92 Å². The fourth-order valence-corrected chi connectivity index (χ4v) is 6.23. The summed E-state index contributed by atoms with van der Waals surface area (Å²) in [6.45, 7) is 9.49. The van der Waals surface area contributed by atoms with Crippen LogP contribution in [0.5, 0.6) is 0 Å². The molecular weight excluding hydrogens is 474 g/mol. The van der Waals surface area contributed by atoms with Crippen molar-refractivity contribution in [3.05, 3.63) is 59.7 Å². The minimum absolute atomic E-state index is 0.337. The van der Waals surface area contributed by atoms with Gasteiger partial charge in [-0.3, -0.25) is 4.79 Å². The minimum atomic E-state index is -1.05. The van der Waals surface area contributed by atoms with Gasteiger partial charge in [0, 0.05) is 42.3 Å². The highest BCUT2D eigenvalue weighted by Crippen LogP contribution is 2.36. The maximum Gasteiger partial charge on any atom is 0.313 e. The van der Waals surface area contributed by atoms with E-state index < -0.39 is 28.8 Å². The molecule has 1 fully saturated rings. The van der Waals surface area contributed by atoms with Crippen LogP contribution in [0.25, 0.3) is 10.9 Å². The Morgan fingerprint density at radius 2 is 1.92 bits per heavy atom. The van der Waals surface area contributed by atoms with E-state index in [4.69, 9.17) is 9.72 Å². The van der Waals surface area contributed by atoms with Gasteiger partial charge >= 0.3 is 5.97 Å². The number of aromatic nitrogens is 1. The standard InChI is InChI=1S/C28H33N3O4S/c1-18-9-10-22-20(13-18)23(31-16-21(24(32)17-31)27(33)35-28(2,3)4)14-26(29-22)30-11-12-36(34)25-8-6-5-7-19(25)15-30/h5-10,13-14,21,24,32H,11-12,15-17H2,1-4H3/t21-,24-,36?/m1/s1. The van der Waals surface area contributed by atoms with E-state index in [0.29, 0.717) is 31.9 Å². The number of anilines is 2. The van der Waals surface area contributed by atoms with E-state index in [-0.39, 0.29) is 5.97 Å². The summed E-state index contributed by atoms with van der Waals surface area (Å²) in [5.74, 6) is 0.334. The SMILES string of the molecule is Cc1ccc2nc(N3CC[S+]([O-])c4ccccc4C3)cc(N3C[C@@H](O)[C@H](C(=O)OC(C)(C)C)C3)c2c1. The van der Waals surface area contributed by atoms with Crippen molar-refractivity contribution in [1.29, 1.82) is 0 Å². The van der Waals surface area contributed by atoms with E-state index >= 15 is 0 Å². The number of pyridine rings is 1. The van der Waals surface area contributed by atoms with Crippen LogP contribution in [-0.2, 0) is 27.3 Å². The van der Waals surface area contributed by atoms with Crippen LogP contribution >= 0.6 is 0 Å². The molecule has 0 saturated carbocycles. The first kappa shape index (κ1) is 24.9. The number of aliphatic hydroxyl groups excluding tert-OH is 1. The molecule has 3 heterocycles. The molecule has 2 aromatic carbocycles. The second kappa shape index (κ2) is 9.57. The zero-order valence-corrected chi connectivity index (χ0v) is 22.0. The van der Waals surface area contributed by atoms with Crippen LogP contribution in [0.4, 0.5) is 11.5 Å². The van der Waals surface area contributed by atoms with Crippen LogP contribution in [0.15, 0.2) is 53.4 Å². The molecule has 0 radical (unpaired) electrons. The van der Waals surface area contributed by atoms with E-state index in [9.17, 15) is 14.5 Å². The summed E-state index contributed by atoms with van der Waals surface area (Å²) >= 11 is -1.05. The Hall–Kier alpha value is -2.81. The smallest absolute Gasteiger partial charge is 0.313 e. The van der Waals surface area contributed by atoms with E-state index in [1.807, 2.05) is 70.2 Å². The first-order valence-corrected chi connectivity index (χ1v) is 13.7. The fraction of sp³-hybridized carbons (Fsp3) is 0.429. The molecule has 2 aliphatic rings. The lowest BCUT2D eigenvalue weighted by atomic mass is 10.1. The van der Waals surface area contributed by atoms with Crippen molar-refractivity contribution >= 4 is 39.6 Å². The van der Waals surface area contributed by atoms with Crippen molar-refractivity contribution in [2.75, 3.05) is 35.2 Å². The maximum atomic E-state index is 12.8. The topological polar surface area (TPSA) is 89.0 Å². The normalized spacial score (nSPS) is 22.4. The number of nitrogens with zero attached hydrogens (tertiary/aromatic N) is 3. The van der Waals surface area contributed by atoms with Gasteiger partial charge in [0.25, 0.3) is 0 Å². The van der Waals surface area contributed by atoms with Crippen molar-refractivity contribution in [1.82, 2.24) is 4.98 Å². The summed E-state index contributed by atoms with van der Waals surface area (Å²) in [4.78, 5) is 22.9. The molecule has 0 spiro atoms. The third-order valence-corrected chi connectivity index (χ3v) is 8.16. The Morgan fingerprint density at radius 1 is 1.14 bits per heavy atom. The van der Waals surface area contributed by atoms with E-state index in [2.05, 4.69) is 15.9 Å². The number of carbonyl (C=O) groups excluding carboxylic acids is 1. The number of hydrogen-bond donors (Lipinski definition) is 1. The van der Waals surface area contributed by atoms with Crippen LogP contribution in [0.3, 0.4) is 0 Å². The predicted octanol–water partition coefficient (Wildman–Crippen LogP) is 3.81. The summed E-state index contributed by atoms with van der Waals surface area (Å²) in [5, 5.41) is 11.8. The molecule has 2 aliphatic heterocycles. The van der Waals surface area contributed by atoms with Gasteiger partial charge in [0.15, 0.2) is 4.90 Å². The molecule has 1 aromatic heterocycles. The number of esters is 1. The molecule has 7 nitrogen and oxygen atoms in total. The second-order valence-electron chi connectivity index (χ2n) is 10.7. The monoisotopic (exact) mass is 507 g/mol. The summed E-state index contributed by atoms with van der Waals surface area (Å²) in [7, 11) is 0. The Labute approximate surface area is 215 Å². The van der Waals surface area contributed by atoms with Crippen molar-refractivity contribution in [3.63, 3.8) is 0 Å². The molecule has 3 atom stereocenters. The predicted molar refractivity (Wildman–Crippen MR) is 143 cm³/mol. The van der Waals surface area contributed by atoms with Gasteiger partial charge in [-0.2, -0.15) is 0 Å².